The molecule has 178 valence electrons. The highest BCUT2D eigenvalue weighted by atomic mass is 35.5. The smallest absolute Gasteiger partial charge is 0.328 e. The number of benzene rings is 2. The first-order valence-corrected chi connectivity index (χ1v) is 10.0. The largest absolute Gasteiger partial charge is 0.497 e. The van der Waals surface area contributed by atoms with Crippen LogP contribution in [0, 0.1) is 0 Å². The molecular formula is C24H26Cl2O7. The van der Waals surface area contributed by atoms with Crippen LogP contribution in [-0.2, 0) is 14.3 Å². The molecule has 0 radical (unpaired) electrons. The third kappa shape index (κ3) is 13.8. The number of allylic oxidation sites excluding steroid dienone is 3. The average molecular weight is 497 g/mol. The maximum atomic E-state index is 10.2. The fourth-order valence-electron chi connectivity index (χ4n) is 1.98. The van der Waals surface area contributed by atoms with E-state index in [1.54, 1.807) is 68.8 Å². The minimum atomic E-state index is -0.981. The molecule has 0 aliphatic rings. The Bertz CT molecular complexity index is 952. The molecule has 0 heterocycles. The van der Waals surface area contributed by atoms with Gasteiger partial charge in [-0.2, -0.15) is 0 Å². The summed E-state index contributed by atoms with van der Waals surface area (Å²) < 4.78 is 14.1. The van der Waals surface area contributed by atoms with Crippen molar-refractivity contribution < 1.29 is 34.0 Å². The molecule has 2 aromatic carbocycles. The summed E-state index contributed by atoms with van der Waals surface area (Å²) in [5.74, 6) is 0.405. The first kappa shape index (κ1) is 29.9. The highest BCUT2D eigenvalue weighted by Gasteiger charge is 1.99. The number of aliphatic hydroxyl groups excluding tert-OH is 1. The molecule has 0 unspecified atom stereocenters. The number of carboxylic acid groups (broad SMARTS) is 1. The van der Waals surface area contributed by atoms with Gasteiger partial charge >= 0.3 is 5.97 Å². The summed E-state index contributed by atoms with van der Waals surface area (Å²) in [4.78, 5) is 20.3. The van der Waals surface area contributed by atoms with E-state index in [1.165, 1.54) is 19.3 Å². The van der Waals surface area contributed by atoms with Crippen molar-refractivity contribution in [2.75, 3.05) is 28.1 Å². The number of halogens is 2. The second kappa shape index (κ2) is 18.5. The third-order valence-electron chi connectivity index (χ3n) is 3.52. The molecule has 0 saturated carbocycles. The Morgan fingerprint density at radius 3 is 1.67 bits per heavy atom. The third-order valence-corrected chi connectivity index (χ3v) is 4.18. The number of hydrogen-bond acceptors (Lipinski definition) is 6. The normalized spacial score (nSPS) is 10.4. The van der Waals surface area contributed by atoms with Crippen molar-refractivity contribution >= 4 is 47.6 Å². The average Bonchev–Trinajstić information content (AvgIpc) is 2.82. The van der Waals surface area contributed by atoms with Gasteiger partial charge in [-0.25, -0.2) is 4.79 Å². The maximum absolute atomic E-state index is 10.2. The fourth-order valence-corrected chi connectivity index (χ4v) is 2.45. The van der Waals surface area contributed by atoms with Crippen LogP contribution in [-0.4, -0.2) is 50.6 Å². The van der Waals surface area contributed by atoms with Crippen molar-refractivity contribution in [3.63, 3.8) is 0 Å². The van der Waals surface area contributed by atoms with E-state index < -0.39 is 5.97 Å². The van der Waals surface area contributed by atoms with Gasteiger partial charge in [0.15, 0.2) is 0 Å². The molecule has 2 rings (SSSR count). The Hall–Kier alpha value is -3.10. The molecule has 0 aromatic heterocycles. The zero-order valence-corrected chi connectivity index (χ0v) is 19.9. The zero-order chi connectivity index (χ0) is 25.1. The molecule has 7 nitrogen and oxygen atoms in total. The van der Waals surface area contributed by atoms with E-state index in [9.17, 15) is 9.59 Å². The van der Waals surface area contributed by atoms with Crippen LogP contribution in [0.1, 0.15) is 11.1 Å². The van der Waals surface area contributed by atoms with E-state index >= 15 is 0 Å². The van der Waals surface area contributed by atoms with Crippen molar-refractivity contribution in [1.82, 2.24) is 0 Å². The van der Waals surface area contributed by atoms with E-state index in [0.29, 0.717) is 27.8 Å². The standard InChI is InChI=1S/C12H11ClO3.C10H9ClO2.C2H6O2/c1-16-10-7-6-9(11(13)8-10)4-2-3-5-12(14)15;1-13-9-5-4-8(3-2-6-12)10(11)7-9;1-4-2-3/h2-8H,1H3,(H,14,15);2-7H,1H3;3H,2H2,1H3/b4-2+,5-3+;3-2+;. The number of carboxylic acids is 1. The molecule has 0 saturated heterocycles. The molecule has 0 spiro atoms. The lowest BCUT2D eigenvalue weighted by atomic mass is 10.2. The van der Waals surface area contributed by atoms with Gasteiger partial charge in [0.25, 0.3) is 0 Å². The number of aldehydes is 1. The van der Waals surface area contributed by atoms with Gasteiger partial charge in [-0.05, 0) is 53.6 Å². The first-order chi connectivity index (χ1) is 15.8. The summed E-state index contributed by atoms with van der Waals surface area (Å²) in [6.07, 6.45) is 9.57. The van der Waals surface area contributed by atoms with Crippen molar-refractivity contribution in [3.8, 4) is 11.5 Å². The summed E-state index contributed by atoms with van der Waals surface area (Å²) in [6, 6.07) is 10.6. The van der Waals surface area contributed by atoms with Crippen molar-refractivity contribution in [3.05, 3.63) is 81.9 Å². The summed E-state index contributed by atoms with van der Waals surface area (Å²) in [5, 5.41) is 17.1. The fraction of sp³-hybridized carbons (Fsp3) is 0.167. The Labute approximate surface area is 203 Å². The van der Waals surface area contributed by atoms with Crippen LogP contribution in [0.25, 0.3) is 12.2 Å². The summed E-state index contributed by atoms with van der Waals surface area (Å²) in [6.45, 7) is -0.181. The van der Waals surface area contributed by atoms with Gasteiger partial charge in [0.05, 0.1) is 24.3 Å². The lowest BCUT2D eigenvalue weighted by Gasteiger charge is -2.02. The number of hydrogen-bond donors (Lipinski definition) is 2. The van der Waals surface area contributed by atoms with Crippen LogP contribution in [0.5, 0.6) is 11.5 Å². The van der Waals surface area contributed by atoms with Gasteiger partial charge in [0.1, 0.15) is 24.6 Å². The van der Waals surface area contributed by atoms with Crippen molar-refractivity contribution in [2.45, 2.75) is 0 Å². The second-order valence-corrected chi connectivity index (χ2v) is 6.56. The molecule has 9 heteroatoms. The SMILES string of the molecule is COCO.COc1ccc(/C=C/C=C/C(=O)O)c(Cl)c1.COc1ccc(/C=C/C=O)c(Cl)c1. The number of aliphatic carboxylic acids is 1. The predicted molar refractivity (Wildman–Crippen MR) is 131 cm³/mol. The molecule has 0 amide bonds. The van der Waals surface area contributed by atoms with Gasteiger partial charge in [0, 0.05) is 13.2 Å². The molecule has 2 aromatic rings. The highest BCUT2D eigenvalue weighted by Crippen LogP contribution is 2.24. The van der Waals surface area contributed by atoms with Crippen LogP contribution in [0.4, 0.5) is 0 Å². The number of rotatable bonds is 8. The van der Waals surface area contributed by atoms with Crippen molar-refractivity contribution in [1.29, 1.82) is 0 Å². The van der Waals surface area contributed by atoms with E-state index in [-0.39, 0.29) is 6.79 Å². The van der Waals surface area contributed by atoms with Crippen LogP contribution < -0.4 is 9.47 Å². The summed E-state index contributed by atoms with van der Waals surface area (Å²) in [5.41, 5.74) is 1.60. The molecule has 0 atom stereocenters. The van der Waals surface area contributed by atoms with Gasteiger partial charge in [-0.15, -0.1) is 0 Å². The number of carbonyl (C=O) groups excluding carboxylic acids is 1. The minimum Gasteiger partial charge on any atom is -0.497 e. The van der Waals surface area contributed by atoms with E-state index in [1.807, 2.05) is 0 Å². The van der Waals surface area contributed by atoms with Crippen LogP contribution in [0.3, 0.4) is 0 Å². The first-order valence-electron chi connectivity index (χ1n) is 9.29. The van der Waals surface area contributed by atoms with E-state index in [2.05, 4.69) is 4.74 Å². The van der Waals surface area contributed by atoms with Gasteiger partial charge in [-0.3, -0.25) is 4.79 Å². The maximum Gasteiger partial charge on any atom is 0.328 e. The van der Waals surface area contributed by atoms with Gasteiger partial charge < -0.3 is 24.4 Å². The Balaban J connectivity index is 0.000000542. The minimum absolute atomic E-state index is 0.181. The quantitative estimate of drug-likeness (QED) is 0.225. The Kier molecular flexibility index (Phi) is 16.7. The van der Waals surface area contributed by atoms with E-state index in [4.69, 9.17) is 42.9 Å². The van der Waals surface area contributed by atoms with Crippen molar-refractivity contribution in [2.24, 2.45) is 0 Å². The number of aliphatic hydroxyl groups is 1. The van der Waals surface area contributed by atoms with Gasteiger partial charge in [-0.1, -0.05) is 47.5 Å². The lowest BCUT2D eigenvalue weighted by molar-refractivity contribution is -0.131. The van der Waals surface area contributed by atoms with Crippen LogP contribution in [0.15, 0.2) is 60.7 Å². The summed E-state index contributed by atoms with van der Waals surface area (Å²) in [7, 11) is 4.57. The molecule has 2 N–H and O–H groups in total. The van der Waals surface area contributed by atoms with Crippen LogP contribution in [0.2, 0.25) is 10.0 Å². The number of methoxy groups -OCH3 is 3. The topological polar surface area (TPSA) is 102 Å². The number of ether oxygens (including phenoxy) is 3. The molecule has 0 fully saturated rings. The monoisotopic (exact) mass is 496 g/mol. The predicted octanol–water partition coefficient (Wildman–Crippen LogP) is 5.15. The zero-order valence-electron chi connectivity index (χ0n) is 18.4. The second-order valence-electron chi connectivity index (χ2n) is 5.74. The lowest BCUT2D eigenvalue weighted by Crippen LogP contribution is -1.84. The Morgan fingerprint density at radius 2 is 1.33 bits per heavy atom. The summed E-state index contributed by atoms with van der Waals surface area (Å²) >= 11 is 11.9. The van der Waals surface area contributed by atoms with E-state index in [0.717, 1.165) is 17.2 Å². The van der Waals surface area contributed by atoms with Gasteiger partial charge in [0.2, 0.25) is 0 Å². The molecular weight excluding hydrogens is 471 g/mol. The Morgan fingerprint density at radius 1 is 0.879 bits per heavy atom. The van der Waals surface area contributed by atoms with Crippen LogP contribution >= 0.6 is 23.2 Å². The molecule has 33 heavy (non-hydrogen) atoms. The molecule has 0 bridgehead atoms. The highest BCUT2D eigenvalue weighted by molar-refractivity contribution is 6.32. The molecule has 0 aliphatic heterocycles. The number of carbonyl (C=O) groups is 2. The molecule has 0 aliphatic carbocycles.